The number of amides is 1. The van der Waals surface area contributed by atoms with E-state index in [4.69, 9.17) is 5.73 Å². The fourth-order valence-corrected chi connectivity index (χ4v) is 2.91. The number of fused-ring (bicyclic) bond motifs is 1. The molecule has 0 aliphatic carbocycles. The second-order valence-corrected chi connectivity index (χ2v) is 5.89. The lowest BCUT2D eigenvalue weighted by molar-refractivity contribution is 0.0735. The van der Waals surface area contributed by atoms with Gasteiger partial charge in [-0.15, -0.1) is 0 Å². The number of carbonyl (C=O) groups excluding carboxylic acids is 1. The molecule has 0 fully saturated rings. The summed E-state index contributed by atoms with van der Waals surface area (Å²) in [6.45, 7) is 1.39. The van der Waals surface area contributed by atoms with Gasteiger partial charge in [-0.05, 0) is 35.7 Å². The summed E-state index contributed by atoms with van der Waals surface area (Å²) >= 11 is 3.39. The van der Waals surface area contributed by atoms with E-state index >= 15 is 0 Å². The van der Waals surface area contributed by atoms with E-state index < -0.39 is 0 Å². The Morgan fingerprint density at radius 1 is 1.15 bits per heavy atom. The monoisotopic (exact) mass is 330 g/mol. The van der Waals surface area contributed by atoms with Gasteiger partial charge < -0.3 is 10.6 Å². The minimum atomic E-state index is -0.00157. The minimum Gasteiger partial charge on any atom is -0.398 e. The van der Waals surface area contributed by atoms with Gasteiger partial charge in [-0.2, -0.15) is 0 Å². The van der Waals surface area contributed by atoms with Gasteiger partial charge in [0.15, 0.2) is 0 Å². The third-order valence-electron chi connectivity index (χ3n) is 3.66. The van der Waals surface area contributed by atoms with Crippen LogP contribution in [0.4, 0.5) is 5.69 Å². The predicted molar refractivity (Wildman–Crippen MR) is 83.4 cm³/mol. The van der Waals surface area contributed by atoms with E-state index in [0.29, 0.717) is 17.8 Å². The standard InChI is InChI=1S/C16H15BrN2O/c17-13-5-6-15(18)14(9-13)16(20)19-8-7-11-3-1-2-4-12(11)10-19/h1-6,9H,7-8,10,18H2. The highest BCUT2D eigenvalue weighted by Gasteiger charge is 2.22. The van der Waals surface area contributed by atoms with Gasteiger partial charge in [-0.25, -0.2) is 0 Å². The van der Waals surface area contributed by atoms with E-state index in [9.17, 15) is 4.79 Å². The average molecular weight is 331 g/mol. The van der Waals surface area contributed by atoms with E-state index in [1.54, 1.807) is 12.1 Å². The molecule has 0 bridgehead atoms. The van der Waals surface area contributed by atoms with Crippen molar-refractivity contribution in [3.63, 3.8) is 0 Å². The van der Waals surface area contributed by atoms with Crippen LogP contribution >= 0.6 is 15.9 Å². The largest absolute Gasteiger partial charge is 0.398 e. The summed E-state index contributed by atoms with van der Waals surface area (Å²) in [6, 6.07) is 13.7. The smallest absolute Gasteiger partial charge is 0.256 e. The highest BCUT2D eigenvalue weighted by molar-refractivity contribution is 9.10. The lowest BCUT2D eigenvalue weighted by Gasteiger charge is -2.29. The number of hydrogen-bond acceptors (Lipinski definition) is 2. The number of nitrogens with zero attached hydrogens (tertiary/aromatic N) is 1. The summed E-state index contributed by atoms with van der Waals surface area (Å²) in [7, 11) is 0. The fourth-order valence-electron chi connectivity index (χ4n) is 2.55. The highest BCUT2D eigenvalue weighted by atomic mass is 79.9. The van der Waals surface area contributed by atoms with Crippen LogP contribution in [0.1, 0.15) is 21.5 Å². The third kappa shape index (κ3) is 2.43. The highest BCUT2D eigenvalue weighted by Crippen LogP contribution is 2.24. The third-order valence-corrected chi connectivity index (χ3v) is 4.16. The summed E-state index contributed by atoms with van der Waals surface area (Å²) < 4.78 is 0.868. The van der Waals surface area contributed by atoms with Crippen molar-refractivity contribution in [2.75, 3.05) is 12.3 Å². The van der Waals surface area contributed by atoms with Crippen molar-refractivity contribution in [3.05, 3.63) is 63.6 Å². The Morgan fingerprint density at radius 2 is 1.90 bits per heavy atom. The van der Waals surface area contributed by atoms with Gasteiger partial charge in [-0.1, -0.05) is 40.2 Å². The minimum absolute atomic E-state index is 0.00157. The van der Waals surface area contributed by atoms with Crippen molar-refractivity contribution in [1.82, 2.24) is 4.90 Å². The Morgan fingerprint density at radius 3 is 2.70 bits per heavy atom. The second kappa shape index (κ2) is 5.29. The molecule has 2 aromatic rings. The van der Waals surface area contributed by atoms with Gasteiger partial charge in [0.05, 0.1) is 5.56 Å². The first-order valence-electron chi connectivity index (χ1n) is 6.56. The van der Waals surface area contributed by atoms with Gasteiger partial charge in [0.1, 0.15) is 0 Å². The van der Waals surface area contributed by atoms with Crippen LogP contribution in [-0.2, 0) is 13.0 Å². The number of benzene rings is 2. The Bertz CT molecular complexity index is 669. The molecule has 0 aromatic heterocycles. The van der Waals surface area contributed by atoms with Gasteiger partial charge in [-0.3, -0.25) is 4.79 Å². The normalized spacial score (nSPS) is 13.9. The van der Waals surface area contributed by atoms with Crippen molar-refractivity contribution < 1.29 is 4.79 Å². The van der Waals surface area contributed by atoms with Crippen LogP contribution in [0.15, 0.2) is 46.9 Å². The molecule has 3 rings (SSSR count). The van der Waals surface area contributed by atoms with Gasteiger partial charge in [0.2, 0.25) is 0 Å². The summed E-state index contributed by atoms with van der Waals surface area (Å²) in [6.07, 6.45) is 0.899. The van der Waals surface area contributed by atoms with Crippen LogP contribution in [0, 0.1) is 0 Å². The number of hydrogen-bond donors (Lipinski definition) is 1. The lowest BCUT2D eigenvalue weighted by Crippen LogP contribution is -2.36. The molecule has 3 nitrogen and oxygen atoms in total. The zero-order valence-corrected chi connectivity index (χ0v) is 12.6. The molecule has 0 atom stereocenters. The first-order valence-corrected chi connectivity index (χ1v) is 7.35. The van der Waals surface area contributed by atoms with E-state index in [1.165, 1.54) is 11.1 Å². The summed E-state index contributed by atoms with van der Waals surface area (Å²) in [5.74, 6) is -0.00157. The first kappa shape index (κ1) is 13.2. The second-order valence-electron chi connectivity index (χ2n) is 4.98. The van der Waals surface area contributed by atoms with Crippen molar-refractivity contribution in [1.29, 1.82) is 0 Å². The lowest BCUT2D eigenvalue weighted by atomic mass is 9.99. The van der Waals surface area contributed by atoms with Crippen molar-refractivity contribution in [3.8, 4) is 0 Å². The predicted octanol–water partition coefficient (Wildman–Crippen LogP) is 3.23. The molecule has 1 heterocycles. The SMILES string of the molecule is Nc1ccc(Br)cc1C(=O)N1CCc2ccccc2C1. The summed E-state index contributed by atoms with van der Waals surface area (Å²) in [4.78, 5) is 14.5. The number of nitrogens with two attached hydrogens (primary N) is 1. The van der Waals surface area contributed by atoms with Gasteiger partial charge in [0.25, 0.3) is 5.91 Å². The molecule has 1 aliphatic heterocycles. The van der Waals surface area contributed by atoms with Crippen molar-refractivity contribution in [2.24, 2.45) is 0 Å². The Kier molecular flexibility index (Phi) is 3.49. The van der Waals surface area contributed by atoms with E-state index in [1.807, 2.05) is 23.1 Å². The molecule has 0 spiro atoms. The Hall–Kier alpha value is -1.81. The molecule has 2 aromatic carbocycles. The maximum Gasteiger partial charge on any atom is 0.256 e. The zero-order chi connectivity index (χ0) is 14.1. The number of halogens is 1. The molecule has 4 heteroatoms. The molecular weight excluding hydrogens is 316 g/mol. The van der Waals surface area contributed by atoms with Crippen LogP contribution in [-0.4, -0.2) is 17.4 Å². The Labute approximate surface area is 126 Å². The van der Waals surface area contributed by atoms with E-state index in [2.05, 4.69) is 28.1 Å². The number of nitrogen functional groups attached to an aromatic ring is 1. The molecule has 0 radical (unpaired) electrons. The van der Waals surface area contributed by atoms with Crippen LogP contribution in [0.3, 0.4) is 0 Å². The molecular formula is C16H15BrN2O. The average Bonchev–Trinajstić information content (AvgIpc) is 2.48. The van der Waals surface area contributed by atoms with Gasteiger partial charge >= 0.3 is 0 Å². The summed E-state index contributed by atoms with van der Waals surface area (Å²) in [5, 5.41) is 0. The topological polar surface area (TPSA) is 46.3 Å². The molecule has 0 saturated carbocycles. The maximum absolute atomic E-state index is 12.6. The van der Waals surface area contributed by atoms with E-state index in [0.717, 1.165) is 17.4 Å². The zero-order valence-electron chi connectivity index (χ0n) is 11.0. The first-order chi connectivity index (χ1) is 9.65. The van der Waals surface area contributed by atoms with Crippen LogP contribution in [0.5, 0.6) is 0 Å². The molecule has 0 saturated heterocycles. The maximum atomic E-state index is 12.6. The van der Waals surface area contributed by atoms with Crippen molar-refractivity contribution >= 4 is 27.5 Å². The molecule has 1 aliphatic rings. The molecule has 0 unspecified atom stereocenters. The molecule has 20 heavy (non-hydrogen) atoms. The molecule has 1 amide bonds. The fraction of sp³-hybridized carbons (Fsp3) is 0.188. The van der Waals surface area contributed by atoms with Crippen LogP contribution in [0.2, 0.25) is 0 Å². The molecule has 2 N–H and O–H groups in total. The Balaban J connectivity index is 1.88. The number of anilines is 1. The number of carbonyl (C=O) groups is 1. The molecule has 102 valence electrons. The van der Waals surface area contributed by atoms with E-state index in [-0.39, 0.29) is 5.91 Å². The quantitative estimate of drug-likeness (QED) is 0.816. The van der Waals surface area contributed by atoms with Gasteiger partial charge in [0, 0.05) is 23.2 Å². The summed E-state index contributed by atoms with van der Waals surface area (Å²) in [5.41, 5.74) is 9.57. The van der Waals surface area contributed by atoms with Crippen molar-refractivity contribution in [2.45, 2.75) is 13.0 Å². The number of rotatable bonds is 1. The van der Waals surface area contributed by atoms with Crippen LogP contribution < -0.4 is 5.73 Å². The van der Waals surface area contributed by atoms with Crippen LogP contribution in [0.25, 0.3) is 0 Å².